The van der Waals surface area contributed by atoms with Crippen LogP contribution in [0.4, 0.5) is 11.5 Å². The average molecular weight is 401 g/mol. The minimum atomic E-state index is 0. The quantitative estimate of drug-likeness (QED) is 0.812. The predicted molar refractivity (Wildman–Crippen MR) is 110 cm³/mol. The molecular formula is C19H30Cl2N4O. The highest BCUT2D eigenvalue weighted by molar-refractivity contribution is 5.92. The number of halogens is 2. The van der Waals surface area contributed by atoms with Crippen LogP contribution in [-0.4, -0.2) is 30.0 Å². The summed E-state index contributed by atoms with van der Waals surface area (Å²) in [5.74, 6) is 2.34. The third kappa shape index (κ3) is 4.44. The second-order valence-electron chi connectivity index (χ2n) is 7.79. The van der Waals surface area contributed by atoms with E-state index in [0.717, 1.165) is 37.4 Å². The molecule has 146 valence electrons. The van der Waals surface area contributed by atoms with E-state index in [-0.39, 0.29) is 36.6 Å². The summed E-state index contributed by atoms with van der Waals surface area (Å²) in [5, 5.41) is 3.07. The summed E-state index contributed by atoms with van der Waals surface area (Å²) in [4.78, 5) is 19.5. The SMILES string of the molecule is Cl.Cl.NC1C2CCCC1CC(C(=O)Nc1ccc(N3CCCC3)nc1)C2. The molecule has 3 aliphatic rings. The normalized spacial score (nSPS) is 30.1. The lowest BCUT2D eigenvalue weighted by Crippen LogP contribution is -2.48. The Hall–Kier alpha value is -1.04. The molecular weight excluding hydrogens is 371 g/mol. The minimum Gasteiger partial charge on any atom is -0.357 e. The van der Waals surface area contributed by atoms with Crippen molar-refractivity contribution in [1.82, 2.24) is 4.98 Å². The summed E-state index contributed by atoms with van der Waals surface area (Å²) < 4.78 is 0. The van der Waals surface area contributed by atoms with E-state index in [4.69, 9.17) is 5.73 Å². The van der Waals surface area contributed by atoms with Gasteiger partial charge >= 0.3 is 0 Å². The van der Waals surface area contributed by atoms with E-state index in [1.807, 2.05) is 12.1 Å². The topological polar surface area (TPSA) is 71.2 Å². The Kier molecular flexibility index (Phi) is 7.56. The van der Waals surface area contributed by atoms with E-state index in [2.05, 4.69) is 15.2 Å². The second-order valence-corrected chi connectivity index (χ2v) is 7.79. The maximum atomic E-state index is 12.7. The molecule has 2 heterocycles. The number of carbonyl (C=O) groups excluding carboxylic acids is 1. The molecule has 0 spiro atoms. The van der Waals surface area contributed by atoms with E-state index in [0.29, 0.717) is 17.9 Å². The first-order valence-electron chi connectivity index (χ1n) is 9.48. The fourth-order valence-corrected chi connectivity index (χ4v) is 4.84. The van der Waals surface area contributed by atoms with Gasteiger partial charge in [-0.05, 0) is 62.5 Å². The van der Waals surface area contributed by atoms with E-state index in [1.54, 1.807) is 6.20 Å². The highest BCUT2D eigenvalue weighted by atomic mass is 35.5. The number of rotatable bonds is 3. The number of pyridine rings is 1. The lowest BCUT2D eigenvalue weighted by Gasteiger charge is -2.43. The summed E-state index contributed by atoms with van der Waals surface area (Å²) in [6.45, 7) is 2.17. The van der Waals surface area contributed by atoms with Crippen LogP contribution in [0.25, 0.3) is 0 Å². The molecule has 2 unspecified atom stereocenters. The Morgan fingerprint density at radius 3 is 2.31 bits per heavy atom. The molecule has 3 fully saturated rings. The van der Waals surface area contributed by atoms with Crippen molar-refractivity contribution in [3.05, 3.63) is 18.3 Å². The van der Waals surface area contributed by atoms with Crippen LogP contribution in [0.3, 0.4) is 0 Å². The molecule has 5 nitrogen and oxygen atoms in total. The van der Waals surface area contributed by atoms with Crippen molar-refractivity contribution in [2.75, 3.05) is 23.3 Å². The number of nitrogens with two attached hydrogens (primary N) is 1. The molecule has 2 saturated carbocycles. The molecule has 0 radical (unpaired) electrons. The van der Waals surface area contributed by atoms with Crippen LogP contribution in [-0.2, 0) is 4.79 Å². The number of hydrogen-bond acceptors (Lipinski definition) is 4. The van der Waals surface area contributed by atoms with Gasteiger partial charge in [0.2, 0.25) is 5.91 Å². The molecule has 2 bridgehead atoms. The van der Waals surface area contributed by atoms with E-state index >= 15 is 0 Å². The Bertz CT molecular complexity index is 578. The minimum absolute atomic E-state index is 0. The van der Waals surface area contributed by atoms with Crippen LogP contribution in [0.5, 0.6) is 0 Å². The van der Waals surface area contributed by atoms with Gasteiger partial charge in [0, 0.05) is 25.0 Å². The number of amides is 1. The first-order valence-corrected chi connectivity index (χ1v) is 9.48. The summed E-state index contributed by atoms with van der Waals surface area (Å²) in [7, 11) is 0. The molecule has 1 aromatic heterocycles. The zero-order valence-electron chi connectivity index (χ0n) is 15.1. The first-order chi connectivity index (χ1) is 11.7. The van der Waals surface area contributed by atoms with Crippen molar-refractivity contribution in [2.24, 2.45) is 23.5 Å². The highest BCUT2D eigenvalue weighted by Gasteiger charge is 2.40. The van der Waals surface area contributed by atoms with Gasteiger partial charge in [-0.3, -0.25) is 4.79 Å². The molecule has 26 heavy (non-hydrogen) atoms. The molecule has 1 amide bonds. The number of nitrogens with zero attached hydrogens (tertiary/aromatic N) is 2. The van der Waals surface area contributed by atoms with Crippen molar-refractivity contribution >= 4 is 42.2 Å². The maximum Gasteiger partial charge on any atom is 0.227 e. The molecule has 2 aliphatic carbocycles. The smallest absolute Gasteiger partial charge is 0.227 e. The van der Waals surface area contributed by atoms with Crippen LogP contribution >= 0.6 is 24.8 Å². The van der Waals surface area contributed by atoms with Crippen LogP contribution in [0, 0.1) is 17.8 Å². The van der Waals surface area contributed by atoms with Crippen molar-refractivity contribution in [3.8, 4) is 0 Å². The van der Waals surface area contributed by atoms with Gasteiger partial charge in [0.25, 0.3) is 0 Å². The summed E-state index contributed by atoms with van der Waals surface area (Å²) in [5.41, 5.74) is 7.14. The Balaban J connectivity index is 0.00000121. The number of nitrogens with one attached hydrogen (secondary N) is 1. The van der Waals surface area contributed by atoms with E-state index in [9.17, 15) is 4.79 Å². The zero-order chi connectivity index (χ0) is 16.5. The van der Waals surface area contributed by atoms with Gasteiger partial charge in [-0.1, -0.05) is 6.42 Å². The standard InChI is InChI=1S/C19H28N4O.2ClH/c20-18-13-4-3-5-14(18)11-15(10-13)19(24)22-16-6-7-17(21-12-16)23-8-1-2-9-23;;/h6-7,12-15,18H,1-5,8-11,20H2,(H,22,24);2*1H. The monoisotopic (exact) mass is 400 g/mol. The van der Waals surface area contributed by atoms with Gasteiger partial charge in [0.15, 0.2) is 0 Å². The van der Waals surface area contributed by atoms with Crippen LogP contribution < -0.4 is 16.0 Å². The van der Waals surface area contributed by atoms with Crippen molar-refractivity contribution in [1.29, 1.82) is 0 Å². The average Bonchev–Trinajstić information content (AvgIpc) is 3.09. The van der Waals surface area contributed by atoms with Crippen molar-refractivity contribution in [2.45, 2.75) is 51.0 Å². The Morgan fingerprint density at radius 1 is 1.08 bits per heavy atom. The van der Waals surface area contributed by atoms with Gasteiger partial charge in [-0.25, -0.2) is 4.98 Å². The summed E-state index contributed by atoms with van der Waals surface area (Å²) in [6, 6.07) is 4.31. The molecule has 1 aliphatic heterocycles. The number of carbonyl (C=O) groups is 1. The van der Waals surface area contributed by atoms with E-state index < -0.39 is 0 Å². The third-order valence-corrected chi connectivity index (χ3v) is 6.23. The molecule has 1 aromatic rings. The van der Waals surface area contributed by atoms with Gasteiger partial charge in [-0.2, -0.15) is 0 Å². The van der Waals surface area contributed by atoms with Gasteiger partial charge in [-0.15, -0.1) is 24.8 Å². The number of anilines is 2. The van der Waals surface area contributed by atoms with Crippen LogP contribution in [0.15, 0.2) is 18.3 Å². The lowest BCUT2D eigenvalue weighted by molar-refractivity contribution is -0.122. The van der Waals surface area contributed by atoms with Crippen LogP contribution in [0.1, 0.15) is 44.9 Å². The van der Waals surface area contributed by atoms with Gasteiger partial charge in [0.1, 0.15) is 5.82 Å². The van der Waals surface area contributed by atoms with Crippen molar-refractivity contribution in [3.63, 3.8) is 0 Å². The van der Waals surface area contributed by atoms with Gasteiger partial charge in [0.05, 0.1) is 11.9 Å². The van der Waals surface area contributed by atoms with Crippen LogP contribution in [0.2, 0.25) is 0 Å². The molecule has 4 rings (SSSR count). The summed E-state index contributed by atoms with van der Waals surface area (Å²) in [6.07, 6.45) is 9.82. The summed E-state index contributed by atoms with van der Waals surface area (Å²) >= 11 is 0. The molecule has 3 N–H and O–H groups in total. The van der Waals surface area contributed by atoms with Gasteiger partial charge < -0.3 is 16.0 Å². The van der Waals surface area contributed by atoms with E-state index in [1.165, 1.54) is 32.1 Å². The lowest BCUT2D eigenvalue weighted by atomic mass is 9.65. The predicted octanol–water partition coefficient (Wildman–Crippen LogP) is 3.62. The number of hydrogen-bond donors (Lipinski definition) is 2. The molecule has 2 atom stereocenters. The number of fused-ring (bicyclic) bond motifs is 2. The molecule has 1 saturated heterocycles. The van der Waals surface area contributed by atoms with Crippen molar-refractivity contribution < 1.29 is 4.79 Å². The number of aromatic nitrogens is 1. The highest BCUT2D eigenvalue weighted by Crippen LogP contribution is 2.42. The fraction of sp³-hybridized carbons (Fsp3) is 0.684. The fourth-order valence-electron chi connectivity index (χ4n) is 4.84. The second kappa shape index (κ2) is 9.25. The zero-order valence-corrected chi connectivity index (χ0v) is 16.7. The first kappa shape index (κ1) is 21.3. The Labute approximate surface area is 168 Å². The maximum absolute atomic E-state index is 12.7. The Morgan fingerprint density at radius 2 is 1.73 bits per heavy atom. The molecule has 0 aromatic carbocycles. The third-order valence-electron chi connectivity index (χ3n) is 6.23. The molecule has 7 heteroatoms. The largest absolute Gasteiger partial charge is 0.357 e.